The summed E-state index contributed by atoms with van der Waals surface area (Å²) >= 11 is 6.06. The Bertz CT molecular complexity index is 894. The third kappa shape index (κ3) is 2.02. The van der Waals surface area contributed by atoms with E-state index < -0.39 is 0 Å². The average Bonchev–Trinajstić information content (AvgIpc) is 2.99. The molecule has 1 aliphatic heterocycles. The Morgan fingerprint density at radius 1 is 1.26 bits per heavy atom. The van der Waals surface area contributed by atoms with Gasteiger partial charge in [0.15, 0.2) is 5.65 Å². The molecular weight excluding hydrogens is 312 g/mol. The van der Waals surface area contributed by atoms with E-state index in [4.69, 9.17) is 17.3 Å². The van der Waals surface area contributed by atoms with E-state index in [1.165, 1.54) is 0 Å². The quantitative estimate of drug-likeness (QED) is 0.753. The number of nitrogens with two attached hydrogens (primary N) is 1. The fourth-order valence-corrected chi connectivity index (χ4v) is 3.73. The molecule has 23 heavy (non-hydrogen) atoms. The van der Waals surface area contributed by atoms with E-state index in [1.54, 1.807) is 0 Å². The molecule has 2 fully saturated rings. The molecule has 3 heterocycles. The fourth-order valence-electron chi connectivity index (χ4n) is 3.54. The van der Waals surface area contributed by atoms with Crippen molar-refractivity contribution >= 4 is 28.6 Å². The van der Waals surface area contributed by atoms with Gasteiger partial charge in [-0.3, -0.25) is 5.10 Å². The molecular formula is C16H15ClN6. The zero-order valence-electron chi connectivity index (χ0n) is 12.3. The van der Waals surface area contributed by atoms with E-state index >= 15 is 0 Å². The highest BCUT2D eigenvalue weighted by molar-refractivity contribution is 6.30. The molecule has 2 aliphatic rings. The first-order valence-corrected chi connectivity index (χ1v) is 8.06. The smallest absolute Gasteiger partial charge is 0.177 e. The Morgan fingerprint density at radius 3 is 2.87 bits per heavy atom. The van der Waals surface area contributed by atoms with Crippen LogP contribution in [0, 0.1) is 11.8 Å². The number of hydrogen-bond acceptors (Lipinski definition) is 5. The van der Waals surface area contributed by atoms with Crippen LogP contribution in [0.25, 0.3) is 22.4 Å². The van der Waals surface area contributed by atoms with Crippen molar-refractivity contribution in [3.05, 3.63) is 35.5 Å². The third-order valence-corrected chi connectivity index (χ3v) is 5.18. The number of fused-ring (bicyclic) bond motifs is 2. The second kappa shape index (κ2) is 4.66. The Labute approximate surface area is 137 Å². The predicted molar refractivity (Wildman–Crippen MR) is 89.3 cm³/mol. The summed E-state index contributed by atoms with van der Waals surface area (Å²) < 4.78 is 0. The van der Waals surface area contributed by atoms with Crippen LogP contribution in [0.3, 0.4) is 0 Å². The lowest BCUT2D eigenvalue weighted by atomic mass is 10.1. The number of nitrogens with one attached hydrogen (secondary N) is 1. The van der Waals surface area contributed by atoms with Gasteiger partial charge in [-0.05, 0) is 24.0 Å². The van der Waals surface area contributed by atoms with Gasteiger partial charge >= 0.3 is 0 Å². The molecule has 3 N–H and O–H groups in total. The van der Waals surface area contributed by atoms with E-state index in [9.17, 15) is 0 Å². The number of piperidine rings is 1. The monoisotopic (exact) mass is 326 g/mol. The second-order valence-electron chi connectivity index (χ2n) is 6.32. The van der Waals surface area contributed by atoms with E-state index in [0.29, 0.717) is 28.5 Å². The van der Waals surface area contributed by atoms with Crippen molar-refractivity contribution in [2.45, 2.75) is 6.04 Å². The van der Waals surface area contributed by atoms with Crippen LogP contribution in [-0.4, -0.2) is 39.3 Å². The molecule has 2 aromatic heterocycles. The number of halogens is 1. The molecule has 6 nitrogen and oxygen atoms in total. The highest BCUT2D eigenvalue weighted by atomic mass is 35.5. The summed E-state index contributed by atoms with van der Waals surface area (Å²) in [6.45, 7) is 1.95. The standard InChI is InChI=1S/C16H15ClN6/c17-9-3-1-2-8(4-9)14-15-16(22-21-14)20-12(5-19-15)23-6-10-11(7-23)13(10)18/h1-5,10-11,13H,6-7,18H2,(H,20,21,22)/t10-,11+,13+. The molecule has 1 aliphatic carbocycles. The molecule has 0 bridgehead atoms. The van der Waals surface area contributed by atoms with Crippen LogP contribution >= 0.6 is 11.6 Å². The summed E-state index contributed by atoms with van der Waals surface area (Å²) in [7, 11) is 0. The van der Waals surface area contributed by atoms with Gasteiger partial charge in [-0.25, -0.2) is 9.97 Å². The highest BCUT2D eigenvalue weighted by Gasteiger charge is 2.53. The van der Waals surface area contributed by atoms with E-state index in [-0.39, 0.29) is 0 Å². The first-order chi connectivity index (χ1) is 11.2. The molecule has 1 aromatic carbocycles. The summed E-state index contributed by atoms with van der Waals surface area (Å²) in [6.07, 6.45) is 1.82. The summed E-state index contributed by atoms with van der Waals surface area (Å²) in [4.78, 5) is 11.5. The van der Waals surface area contributed by atoms with E-state index in [2.05, 4.69) is 25.1 Å². The van der Waals surface area contributed by atoms with E-state index in [1.807, 2.05) is 30.5 Å². The largest absolute Gasteiger partial charge is 0.355 e. The minimum Gasteiger partial charge on any atom is -0.355 e. The Kier molecular flexibility index (Phi) is 2.69. The van der Waals surface area contributed by atoms with Crippen LogP contribution in [0.15, 0.2) is 30.5 Å². The number of H-pyrrole nitrogens is 1. The normalized spacial score (nSPS) is 25.8. The van der Waals surface area contributed by atoms with Crippen LogP contribution < -0.4 is 10.6 Å². The van der Waals surface area contributed by atoms with Crippen LogP contribution in [0.5, 0.6) is 0 Å². The molecule has 7 heteroatoms. The van der Waals surface area contributed by atoms with Crippen LogP contribution in [-0.2, 0) is 0 Å². The number of nitrogens with zero attached hydrogens (tertiary/aromatic N) is 4. The van der Waals surface area contributed by atoms with Crippen LogP contribution in [0.1, 0.15) is 0 Å². The van der Waals surface area contributed by atoms with Gasteiger partial charge in [-0.15, -0.1) is 0 Å². The number of aromatic amines is 1. The molecule has 3 aromatic rings. The number of anilines is 1. The maximum absolute atomic E-state index is 6.06. The number of aromatic nitrogens is 4. The Morgan fingerprint density at radius 2 is 2.09 bits per heavy atom. The minimum absolute atomic E-state index is 0.379. The lowest BCUT2D eigenvalue weighted by Crippen LogP contribution is -2.28. The molecule has 0 radical (unpaired) electrons. The maximum atomic E-state index is 6.06. The third-order valence-electron chi connectivity index (χ3n) is 4.94. The summed E-state index contributed by atoms with van der Waals surface area (Å²) in [6, 6.07) is 7.96. The predicted octanol–water partition coefficient (Wildman–Crippen LogP) is 2.07. The summed E-state index contributed by atoms with van der Waals surface area (Å²) in [5, 5.41) is 8.02. The first-order valence-electron chi connectivity index (χ1n) is 7.68. The average molecular weight is 327 g/mol. The number of benzene rings is 1. The summed E-state index contributed by atoms with van der Waals surface area (Å²) in [5.74, 6) is 2.13. The van der Waals surface area contributed by atoms with Crippen molar-refractivity contribution in [3.8, 4) is 11.3 Å². The zero-order valence-corrected chi connectivity index (χ0v) is 13.0. The SMILES string of the molecule is N[C@@H]1[C@H]2CN(c3cnc4c(-c5cccc(Cl)c5)n[nH]c4n3)C[C@@H]12. The topological polar surface area (TPSA) is 83.7 Å². The number of rotatable bonds is 2. The van der Waals surface area contributed by atoms with Crippen molar-refractivity contribution < 1.29 is 0 Å². The van der Waals surface area contributed by atoms with Gasteiger partial charge in [0.1, 0.15) is 17.0 Å². The zero-order chi connectivity index (χ0) is 15.6. The van der Waals surface area contributed by atoms with Gasteiger partial charge in [0.25, 0.3) is 0 Å². The lowest BCUT2D eigenvalue weighted by Gasteiger charge is -2.19. The van der Waals surface area contributed by atoms with Crippen molar-refractivity contribution in [2.75, 3.05) is 18.0 Å². The van der Waals surface area contributed by atoms with Gasteiger partial charge in [0, 0.05) is 29.7 Å². The van der Waals surface area contributed by atoms with Crippen molar-refractivity contribution in [1.82, 2.24) is 20.2 Å². The van der Waals surface area contributed by atoms with Gasteiger partial charge in [0.05, 0.1) is 6.20 Å². The molecule has 1 saturated carbocycles. The van der Waals surface area contributed by atoms with Crippen LogP contribution in [0.4, 0.5) is 5.82 Å². The summed E-state index contributed by atoms with van der Waals surface area (Å²) in [5.41, 5.74) is 9.15. The molecule has 3 atom stereocenters. The van der Waals surface area contributed by atoms with E-state index in [0.717, 1.165) is 35.7 Å². The fraction of sp³-hybridized carbons (Fsp3) is 0.312. The van der Waals surface area contributed by atoms with Crippen molar-refractivity contribution in [1.29, 1.82) is 0 Å². The van der Waals surface area contributed by atoms with Crippen LogP contribution in [0.2, 0.25) is 5.02 Å². The Balaban J connectivity index is 1.51. The molecule has 116 valence electrons. The Hall–Kier alpha value is -2.18. The molecule has 5 rings (SSSR count). The molecule has 0 spiro atoms. The van der Waals surface area contributed by atoms with Gasteiger partial charge in [0.2, 0.25) is 0 Å². The first kappa shape index (κ1) is 13.3. The minimum atomic E-state index is 0.379. The van der Waals surface area contributed by atoms with Gasteiger partial charge in [-0.2, -0.15) is 5.10 Å². The second-order valence-corrected chi connectivity index (χ2v) is 6.75. The number of hydrogen-bond donors (Lipinski definition) is 2. The molecule has 0 amide bonds. The highest BCUT2D eigenvalue weighted by Crippen LogP contribution is 2.44. The maximum Gasteiger partial charge on any atom is 0.177 e. The van der Waals surface area contributed by atoms with Gasteiger partial charge < -0.3 is 10.6 Å². The van der Waals surface area contributed by atoms with Gasteiger partial charge in [-0.1, -0.05) is 23.7 Å². The van der Waals surface area contributed by atoms with Crippen molar-refractivity contribution in [3.63, 3.8) is 0 Å². The van der Waals surface area contributed by atoms with Crippen molar-refractivity contribution in [2.24, 2.45) is 17.6 Å². The molecule has 1 saturated heterocycles. The lowest BCUT2D eigenvalue weighted by molar-refractivity contribution is 0.735. The molecule has 0 unspecified atom stereocenters.